The highest BCUT2D eigenvalue weighted by atomic mass is 16.1. The van der Waals surface area contributed by atoms with Crippen molar-refractivity contribution < 1.29 is 4.79 Å². The molecule has 0 unspecified atom stereocenters. The Hall–Kier alpha value is -1.64. The van der Waals surface area contributed by atoms with E-state index in [1.807, 2.05) is 36.0 Å². The Labute approximate surface area is 100 Å². The third-order valence-electron chi connectivity index (χ3n) is 3.74. The van der Waals surface area contributed by atoms with E-state index in [2.05, 4.69) is 5.10 Å². The molecule has 88 valence electrons. The van der Waals surface area contributed by atoms with Crippen LogP contribution in [0.2, 0.25) is 0 Å². The van der Waals surface area contributed by atoms with Gasteiger partial charge in [-0.1, -0.05) is 24.6 Å². The Kier molecular flexibility index (Phi) is 2.46. The van der Waals surface area contributed by atoms with Crippen molar-refractivity contribution in [3.63, 3.8) is 0 Å². The molecule has 0 saturated heterocycles. The van der Waals surface area contributed by atoms with Crippen LogP contribution < -0.4 is 0 Å². The average Bonchev–Trinajstić information content (AvgIpc) is 2.54. The van der Waals surface area contributed by atoms with Gasteiger partial charge in [-0.3, -0.25) is 9.48 Å². The molecule has 3 heteroatoms. The minimum Gasteiger partial charge on any atom is -0.299 e. The highest BCUT2D eigenvalue weighted by Crippen LogP contribution is 2.29. The fraction of sp³-hybridized carbons (Fsp3) is 0.429. The van der Waals surface area contributed by atoms with Crippen molar-refractivity contribution >= 4 is 16.7 Å². The first-order valence-corrected chi connectivity index (χ1v) is 6.19. The molecule has 0 atom stereocenters. The number of benzene rings is 1. The summed E-state index contributed by atoms with van der Waals surface area (Å²) in [4.78, 5) is 12.0. The first kappa shape index (κ1) is 10.5. The van der Waals surface area contributed by atoms with Gasteiger partial charge in [0.1, 0.15) is 5.78 Å². The van der Waals surface area contributed by atoms with Crippen molar-refractivity contribution in [1.82, 2.24) is 9.78 Å². The smallest absolute Gasteiger partial charge is 0.142 e. The highest BCUT2D eigenvalue weighted by Gasteiger charge is 2.26. The van der Waals surface area contributed by atoms with Crippen molar-refractivity contribution in [3.8, 4) is 0 Å². The van der Waals surface area contributed by atoms with Crippen LogP contribution >= 0.6 is 0 Å². The largest absolute Gasteiger partial charge is 0.299 e. The summed E-state index contributed by atoms with van der Waals surface area (Å²) in [7, 11) is 1.93. The van der Waals surface area contributed by atoms with Crippen LogP contribution in [0.25, 0.3) is 10.9 Å². The van der Waals surface area contributed by atoms with Gasteiger partial charge >= 0.3 is 0 Å². The Morgan fingerprint density at radius 2 is 2.18 bits per heavy atom. The number of hydrogen-bond acceptors (Lipinski definition) is 2. The van der Waals surface area contributed by atoms with Gasteiger partial charge in [0.15, 0.2) is 0 Å². The van der Waals surface area contributed by atoms with Gasteiger partial charge in [-0.05, 0) is 18.9 Å². The first-order chi connectivity index (χ1) is 8.25. The van der Waals surface area contributed by atoms with Crippen LogP contribution in [0.4, 0.5) is 0 Å². The van der Waals surface area contributed by atoms with Crippen LogP contribution in [0.1, 0.15) is 25.0 Å². The van der Waals surface area contributed by atoms with Gasteiger partial charge in [0.05, 0.1) is 17.6 Å². The lowest BCUT2D eigenvalue weighted by Gasteiger charge is -2.23. The van der Waals surface area contributed by atoms with E-state index < -0.39 is 0 Å². The predicted octanol–water partition coefficient (Wildman–Crippen LogP) is 2.49. The summed E-state index contributed by atoms with van der Waals surface area (Å²) in [5.41, 5.74) is 2.03. The summed E-state index contributed by atoms with van der Waals surface area (Å²) in [6, 6.07) is 8.09. The predicted molar refractivity (Wildman–Crippen MR) is 66.8 cm³/mol. The zero-order valence-corrected chi connectivity index (χ0v) is 10.0. The van der Waals surface area contributed by atoms with Crippen LogP contribution in [0.3, 0.4) is 0 Å². The number of carbonyl (C=O) groups excluding carboxylic acids is 1. The molecule has 2 aromatic rings. The number of carbonyl (C=O) groups is 1. The zero-order valence-electron chi connectivity index (χ0n) is 10.0. The third kappa shape index (κ3) is 1.75. The number of para-hydroxylation sites is 1. The molecule has 1 saturated carbocycles. The van der Waals surface area contributed by atoms with Crippen LogP contribution in [0, 0.1) is 5.92 Å². The Morgan fingerprint density at radius 3 is 2.88 bits per heavy atom. The summed E-state index contributed by atoms with van der Waals surface area (Å²) in [6.07, 6.45) is 3.85. The van der Waals surface area contributed by atoms with Crippen LogP contribution in [-0.4, -0.2) is 15.6 Å². The molecule has 3 rings (SSSR count). The third-order valence-corrected chi connectivity index (χ3v) is 3.74. The lowest BCUT2D eigenvalue weighted by atomic mass is 9.81. The molecule has 1 fully saturated rings. The number of rotatable bonds is 3. The Morgan fingerprint density at radius 1 is 1.41 bits per heavy atom. The number of aryl methyl sites for hydroxylation is 1. The van der Waals surface area contributed by atoms with E-state index in [1.54, 1.807) is 0 Å². The molecule has 0 spiro atoms. The van der Waals surface area contributed by atoms with Gasteiger partial charge in [-0.15, -0.1) is 0 Å². The van der Waals surface area contributed by atoms with Gasteiger partial charge in [0.25, 0.3) is 0 Å². The van der Waals surface area contributed by atoms with Gasteiger partial charge in [-0.25, -0.2) is 0 Å². The molecule has 0 N–H and O–H groups in total. The second-order valence-electron chi connectivity index (χ2n) is 4.86. The first-order valence-electron chi connectivity index (χ1n) is 6.19. The lowest BCUT2D eigenvalue weighted by molar-refractivity contribution is -0.124. The molecule has 0 radical (unpaired) electrons. The molecular weight excluding hydrogens is 212 g/mol. The van der Waals surface area contributed by atoms with E-state index in [-0.39, 0.29) is 0 Å². The summed E-state index contributed by atoms with van der Waals surface area (Å²) < 4.78 is 1.86. The van der Waals surface area contributed by atoms with Crippen molar-refractivity contribution in [2.24, 2.45) is 13.0 Å². The van der Waals surface area contributed by atoms with E-state index in [0.29, 0.717) is 18.1 Å². The van der Waals surface area contributed by atoms with Crippen LogP contribution in [-0.2, 0) is 18.3 Å². The lowest BCUT2D eigenvalue weighted by Crippen LogP contribution is -2.23. The highest BCUT2D eigenvalue weighted by molar-refractivity contribution is 5.89. The SMILES string of the molecule is Cn1nc(CC(=O)C2CCC2)c2ccccc21. The molecule has 1 aromatic heterocycles. The maximum atomic E-state index is 12.0. The van der Waals surface area contributed by atoms with Crippen LogP contribution in [0.5, 0.6) is 0 Å². The van der Waals surface area contributed by atoms with Gasteiger partial charge < -0.3 is 0 Å². The summed E-state index contributed by atoms with van der Waals surface area (Å²) in [5.74, 6) is 0.663. The monoisotopic (exact) mass is 228 g/mol. The number of hydrogen-bond donors (Lipinski definition) is 0. The molecule has 1 aliphatic rings. The Bertz CT molecular complexity index is 567. The average molecular weight is 228 g/mol. The van der Waals surface area contributed by atoms with Crippen LogP contribution in [0.15, 0.2) is 24.3 Å². The molecule has 3 nitrogen and oxygen atoms in total. The maximum Gasteiger partial charge on any atom is 0.142 e. The quantitative estimate of drug-likeness (QED) is 0.809. The molecule has 17 heavy (non-hydrogen) atoms. The van der Waals surface area contributed by atoms with Crippen molar-refractivity contribution in [1.29, 1.82) is 0 Å². The number of fused-ring (bicyclic) bond motifs is 1. The van der Waals surface area contributed by atoms with Gasteiger partial charge in [0, 0.05) is 18.4 Å². The van der Waals surface area contributed by atoms with E-state index in [1.165, 1.54) is 6.42 Å². The van der Waals surface area contributed by atoms with Gasteiger partial charge in [0.2, 0.25) is 0 Å². The van der Waals surface area contributed by atoms with Crippen molar-refractivity contribution in [2.75, 3.05) is 0 Å². The van der Waals surface area contributed by atoms with Gasteiger partial charge in [-0.2, -0.15) is 5.10 Å². The fourth-order valence-corrected chi connectivity index (χ4v) is 2.46. The maximum absolute atomic E-state index is 12.0. The molecule has 1 aromatic carbocycles. The zero-order chi connectivity index (χ0) is 11.8. The van der Waals surface area contributed by atoms with Crippen molar-refractivity contribution in [2.45, 2.75) is 25.7 Å². The standard InChI is InChI=1S/C14H16N2O/c1-16-13-8-3-2-7-11(13)12(15-16)9-14(17)10-5-4-6-10/h2-3,7-8,10H,4-6,9H2,1H3. The summed E-state index contributed by atoms with van der Waals surface area (Å²) in [6.45, 7) is 0. The minimum atomic E-state index is 0.302. The molecule has 0 amide bonds. The second kappa shape index (κ2) is 3.99. The topological polar surface area (TPSA) is 34.9 Å². The Balaban J connectivity index is 1.92. The summed E-state index contributed by atoms with van der Waals surface area (Å²) >= 11 is 0. The molecule has 1 aliphatic carbocycles. The van der Waals surface area contributed by atoms with E-state index in [4.69, 9.17) is 0 Å². The molecular formula is C14H16N2O. The van der Waals surface area contributed by atoms with E-state index in [0.717, 1.165) is 29.4 Å². The van der Waals surface area contributed by atoms with Crippen molar-refractivity contribution in [3.05, 3.63) is 30.0 Å². The number of nitrogens with zero attached hydrogens (tertiary/aromatic N) is 2. The second-order valence-corrected chi connectivity index (χ2v) is 4.86. The molecule has 1 heterocycles. The number of aromatic nitrogens is 2. The molecule has 0 aliphatic heterocycles. The molecule has 0 bridgehead atoms. The minimum absolute atomic E-state index is 0.302. The van der Waals surface area contributed by atoms with E-state index in [9.17, 15) is 4.79 Å². The van der Waals surface area contributed by atoms with E-state index >= 15 is 0 Å². The number of ketones is 1. The summed E-state index contributed by atoms with van der Waals surface area (Å²) in [5, 5.41) is 5.58. The normalized spacial score (nSPS) is 16.1. The number of Topliss-reactive ketones (excluding diaryl/α,β-unsaturated/α-hetero) is 1. The fourth-order valence-electron chi connectivity index (χ4n) is 2.46.